The number of methoxy groups -OCH3 is 1. The second-order valence-corrected chi connectivity index (χ2v) is 5.00. The van der Waals surface area contributed by atoms with Gasteiger partial charge in [-0.15, -0.1) is 0 Å². The zero-order chi connectivity index (χ0) is 11.8. The Morgan fingerprint density at radius 1 is 1.41 bits per heavy atom. The van der Waals surface area contributed by atoms with Crippen LogP contribution in [0.4, 0.5) is 0 Å². The van der Waals surface area contributed by atoms with Crippen LogP contribution in [0, 0.1) is 0 Å². The van der Waals surface area contributed by atoms with E-state index < -0.39 is 0 Å². The van der Waals surface area contributed by atoms with Gasteiger partial charge in [-0.2, -0.15) is 0 Å². The van der Waals surface area contributed by atoms with Crippen LogP contribution < -0.4 is 4.74 Å². The van der Waals surface area contributed by atoms with Gasteiger partial charge in [0.05, 0.1) is 7.11 Å². The van der Waals surface area contributed by atoms with Crippen molar-refractivity contribution in [2.24, 2.45) is 0 Å². The summed E-state index contributed by atoms with van der Waals surface area (Å²) in [5.74, 6) is 1.65. The van der Waals surface area contributed by atoms with E-state index in [2.05, 4.69) is 15.9 Å². The van der Waals surface area contributed by atoms with Gasteiger partial charge < -0.3 is 13.9 Å². The molecule has 3 rings (SSSR count). The van der Waals surface area contributed by atoms with Gasteiger partial charge in [0.2, 0.25) is 0 Å². The molecule has 90 valence electrons. The van der Waals surface area contributed by atoms with Crippen LogP contribution in [0.3, 0.4) is 0 Å². The van der Waals surface area contributed by atoms with Crippen LogP contribution in [0.25, 0.3) is 11.0 Å². The molecule has 0 saturated carbocycles. The van der Waals surface area contributed by atoms with Gasteiger partial charge in [0.1, 0.15) is 11.9 Å². The number of fused-ring (bicyclic) bond motifs is 1. The van der Waals surface area contributed by atoms with Crippen molar-refractivity contribution in [1.29, 1.82) is 0 Å². The van der Waals surface area contributed by atoms with Crippen molar-refractivity contribution >= 4 is 26.9 Å². The van der Waals surface area contributed by atoms with Gasteiger partial charge in [-0.3, -0.25) is 0 Å². The van der Waals surface area contributed by atoms with Crippen LogP contribution >= 0.6 is 15.9 Å². The van der Waals surface area contributed by atoms with Crippen molar-refractivity contribution < 1.29 is 13.9 Å². The largest absolute Gasteiger partial charge is 0.493 e. The second kappa shape index (κ2) is 4.35. The number of halogens is 1. The number of rotatable bonds is 2. The lowest BCUT2D eigenvalue weighted by Crippen LogP contribution is -1.92. The highest BCUT2D eigenvalue weighted by atomic mass is 79.9. The third kappa shape index (κ3) is 1.85. The predicted molar refractivity (Wildman–Crippen MR) is 68.4 cm³/mol. The SMILES string of the molecule is COc1ccc(Br)c2cc(C3CCCO3)oc12. The van der Waals surface area contributed by atoms with E-state index >= 15 is 0 Å². The molecule has 0 radical (unpaired) electrons. The Morgan fingerprint density at radius 3 is 3.00 bits per heavy atom. The maximum Gasteiger partial charge on any atom is 0.177 e. The lowest BCUT2D eigenvalue weighted by molar-refractivity contribution is 0.0949. The molecule has 0 bridgehead atoms. The average Bonchev–Trinajstić information content (AvgIpc) is 2.98. The highest BCUT2D eigenvalue weighted by Gasteiger charge is 2.23. The Labute approximate surface area is 108 Å². The molecule has 0 N–H and O–H groups in total. The zero-order valence-electron chi connectivity index (χ0n) is 9.53. The molecule has 1 saturated heterocycles. The van der Waals surface area contributed by atoms with Crippen LogP contribution in [-0.2, 0) is 4.74 Å². The molecule has 17 heavy (non-hydrogen) atoms. The molecule has 1 atom stereocenters. The topological polar surface area (TPSA) is 31.6 Å². The van der Waals surface area contributed by atoms with Crippen molar-refractivity contribution in [3.05, 3.63) is 28.4 Å². The normalized spacial score (nSPS) is 20.0. The van der Waals surface area contributed by atoms with Gasteiger partial charge in [0.15, 0.2) is 11.3 Å². The third-order valence-corrected chi connectivity index (χ3v) is 3.77. The van der Waals surface area contributed by atoms with E-state index in [1.165, 1.54) is 0 Å². The smallest absolute Gasteiger partial charge is 0.177 e. The molecule has 1 fully saturated rings. The fourth-order valence-corrected chi connectivity index (χ4v) is 2.63. The first-order valence-electron chi connectivity index (χ1n) is 5.67. The summed E-state index contributed by atoms with van der Waals surface area (Å²) in [6.45, 7) is 0.819. The molecular weight excluding hydrogens is 284 g/mol. The van der Waals surface area contributed by atoms with Crippen LogP contribution in [-0.4, -0.2) is 13.7 Å². The highest BCUT2D eigenvalue weighted by Crippen LogP contribution is 2.38. The fourth-order valence-electron chi connectivity index (χ4n) is 2.21. The van der Waals surface area contributed by atoms with E-state index in [4.69, 9.17) is 13.9 Å². The van der Waals surface area contributed by atoms with E-state index in [1.54, 1.807) is 7.11 Å². The molecular formula is C13H13BrO3. The monoisotopic (exact) mass is 296 g/mol. The fraction of sp³-hybridized carbons (Fsp3) is 0.385. The van der Waals surface area contributed by atoms with Gasteiger partial charge >= 0.3 is 0 Å². The molecule has 0 amide bonds. The summed E-state index contributed by atoms with van der Waals surface area (Å²) in [5.41, 5.74) is 0.785. The molecule has 1 aliphatic rings. The Hall–Kier alpha value is -1.00. The Balaban J connectivity index is 2.13. The number of hydrogen-bond donors (Lipinski definition) is 0. The van der Waals surface area contributed by atoms with Gasteiger partial charge in [-0.1, -0.05) is 15.9 Å². The number of furan rings is 1. The van der Waals surface area contributed by atoms with Gasteiger partial charge in [0, 0.05) is 16.5 Å². The van der Waals surface area contributed by atoms with E-state index in [1.807, 2.05) is 18.2 Å². The summed E-state index contributed by atoms with van der Waals surface area (Å²) in [6.07, 6.45) is 2.22. The van der Waals surface area contributed by atoms with Crippen molar-refractivity contribution in [1.82, 2.24) is 0 Å². The molecule has 1 aliphatic heterocycles. The Kier molecular flexibility index (Phi) is 2.84. The average molecular weight is 297 g/mol. The van der Waals surface area contributed by atoms with E-state index in [0.29, 0.717) is 0 Å². The molecule has 1 aromatic heterocycles. The second-order valence-electron chi connectivity index (χ2n) is 4.14. The maximum absolute atomic E-state index is 5.87. The number of benzene rings is 1. The minimum atomic E-state index is 0.0963. The minimum Gasteiger partial charge on any atom is -0.493 e. The summed E-state index contributed by atoms with van der Waals surface area (Å²) in [6, 6.07) is 5.91. The first-order valence-corrected chi connectivity index (χ1v) is 6.46. The highest BCUT2D eigenvalue weighted by molar-refractivity contribution is 9.10. The zero-order valence-corrected chi connectivity index (χ0v) is 11.1. The van der Waals surface area contributed by atoms with Crippen LogP contribution in [0.15, 0.2) is 27.1 Å². The molecule has 2 aromatic rings. The summed E-state index contributed by atoms with van der Waals surface area (Å²) in [5, 5.41) is 1.04. The van der Waals surface area contributed by atoms with E-state index in [9.17, 15) is 0 Å². The first-order chi connectivity index (χ1) is 8.29. The Bertz CT molecular complexity index is 541. The van der Waals surface area contributed by atoms with Crippen LogP contribution in [0.5, 0.6) is 5.75 Å². The van der Waals surface area contributed by atoms with Crippen LogP contribution in [0.2, 0.25) is 0 Å². The third-order valence-electron chi connectivity index (χ3n) is 3.08. The van der Waals surface area contributed by atoms with E-state index in [-0.39, 0.29) is 6.10 Å². The molecule has 4 heteroatoms. The molecule has 0 spiro atoms. The Morgan fingerprint density at radius 2 is 2.29 bits per heavy atom. The lowest BCUT2D eigenvalue weighted by atomic mass is 10.2. The predicted octanol–water partition coefficient (Wildman–Crippen LogP) is 4.06. The lowest BCUT2D eigenvalue weighted by Gasteiger charge is -2.04. The van der Waals surface area contributed by atoms with Gasteiger partial charge in [0.25, 0.3) is 0 Å². The molecule has 1 unspecified atom stereocenters. The maximum atomic E-state index is 5.87. The number of ether oxygens (including phenoxy) is 2. The van der Waals surface area contributed by atoms with Gasteiger partial charge in [-0.05, 0) is 31.0 Å². The summed E-state index contributed by atoms with van der Waals surface area (Å²) < 4.78 is 17.8. The molecule has 1 aromatic carbocycles. The van der Waals surface area contributed by atoms with Crippen molar-refractivity contribution in [2.75, 3.05) is 13.7 Å². The quantitative estimate of drug-likeness (QED) is 0.838. The van der Waals surface area contributed by atoms with E-state index in [0.717, 1.165) is 46.4 Å². The summed E-state index contributed by atoms with van der Waals surface area (Å²) in [4.78, 5) is 0. The van der Waals surface area contributed by atoms with Crippen molar-refractivity contribution in [3.63, 3.8) is 0 Å². The number of hydrogen-bond acceptors (Lipinski definition) is 3. The summed E-state index contributed by atoms with van der Waals surface area (Å²) in [7, 11) is 1.65. The molecule has 0 aliphatic carbocycles. The standard InChI is InChI=1S/C13H13BrO3/c1-15-11-5-4-9(14)8-7-12(17-13(8)11)10-3-2-6-16-10/h4-5,7,10H,2-3,6H2,1H3. The van der Waals surface area contributed by atoms with Crippen molar-refractivity contribution in [3.8, 4) is 5.75 Å². The van der Waals surface area contributed by atoms with Gasteiger partial charge in [-0.25, -0.2) is 0 Å². The first kappa shape index (κ1) is 11.1. The summed E-state index contributed by atoms with van der Waals surface area (Å²) >= 11 is 3.53. The van der Waals surface area contributed by atoms with Crippen molar-refractivity contribution in [2.45, 2.75) is 18.9 Å². The minimum absolute atomic E-state index is 0.0963. The molecule has 3 nitrogen and oxygen atoms in total. The molecule has 2 heterocycles. The van der Waals surface area contributed by atoms with Crippen LogP contribution in [0.1, 0.15) is 24.7 Å².